The highest BCUT2D eigenvalue weighted by Gasteiger charge is 2.16. The molecular weight excluding hydrogens is 280 g/mol. The number of thioether (sulfide) groups is 1. The fourth-order valence-corrected chi connectivity index (χ4v) is 2.58. The van der Waals surface area contributed by atoms with Gasteiger partial charge in [0.05, 0.1) is 12.1 Å². The molecule has 0 fully saturated rings. The molecule has 6 heteroatoms. The smallest absolute Gasteiger partial charge is 0.360 e. The average molecular weight is 294 g/mol. The number of rotatable bonds is 5. The summed E-state index contributed by atoms with van der Waals surface area (Å²) in [5, 5.41) is 3.89. The van der Waals surface area contributed by atoms with Crippen molar-refractivity contribution in [2.45, 2.75) is 11.8 Å². The number of aromatic nitrogens is 1. The highest BCUT2D eigenvalue weighted by molar-refractivity contribution is 7.98. The number of anilines is 2. The molecule has 2 aromatic rings. The SMILES string of the molecule is CCOC(=O)c1ncsc1Nc1ccc(SC)cc1. The van der Waals surface area contributed by atoms with Gasteiger partial charge in [0.2, 0.25) is 0 Å². The van der Waals surface area contributed by atoms with E-state index in [1.165, 1.54) is 16.2 Å². The fourth-order valence-electron chi connectivity index (χ4n) is 1.49. The number of carbonyl (C=O) groups excluding carboxylic acids is 1. The molecule has 1 aromatic heterocycles. The van der Waals surface area contributed by atoms with Crippen molar-refractivity contribution in [3.63, 3.8) is 0 Å². The number of ether oxygens (including phenoxy) is 1. The highest BCUT2D eigenvalue weighted by atomic mass is 32.2. The minimum absolute atomic E-state index is 0.334. The fraction of sp³-hybridized carbons (Fsp3) is 0.231. The van der Waals surface area contributed by atoms with Gasteiger partial charge < -0.3 is 10.1 Å². The zero-order valence-corrected chi connectivity index (χ0v) is 12.3. The number of nitrogens with one attached hydrogen (secondary N) is 1. The van der Waals surface area contributed by atoms with Crippen LogP contribution in [0.2, 0.25) is 0 Å². The summed E-state index contributed by atoms with van der Waals surface area (Å²) in [6, 6.07) is 8.00. The molecular formula is C13H14N2O2S2. The summed E-state index contributed by atoms with van der Waals surface area (Å²) in [4.78, 5) is 16.9. The monoisotopic (exact) mass is 294 g/mol. The number of thiazole rings is 1. The molecule has 0 spiro atoms. The maximum Gasteiger partial charge on any atom is 0.360 e. The van der Waals surface area contributed by atoms with Gasteiger partial charge in [-0.25, -0.2) is 9.78 Å². The van der Waals surface area contributed by atoms with E-state index in [1.54, 1.807) is 24.2 Å². The number of nitrogens with zero attached hydrogens (tertiary/aromatic N) is 1. The molecule has 0 atom stereocenters. The normalized spacial score (nSPS) is 10.2. The first-order chi connectivity index (χ1) is 9.24. The van der Waals surface area contributed by atoms with Crippen molar-refractivity contribution in [2.24, 2.45) is 0 Å². The third kappa shape index (κ3) is 3.48. The number of carbonyl (C=O) groups is 1. The zero-order valence-electron chi connectivity index (χ0n) is 10.7. The number of hydrogen-bond donors (Lipinski definition) is 1. The Hall–Kier alpha value is -1.53. The number of hydrogen-bond acceptors (Lipinski definition) is 6. The van der Waals surface area contributed by atoms with Crippen LogP contribution < -0.4 is 5.32 Å². The molecule has 0 aliphatic carbocycles. The third-order valence-electron chi connectivity index (χ3n) is 2.38. The van der Waals surface area contributed by atoms with Crippen molar-refractivity contribution >= 4 is 39.8 Å². The summed E-state index contributed by atoms with van der Waals surface area (Å²) >= 11 is 3.07. The molecule has 0 aliphatic heterocycles. The van der Waals surface area contributed by atoms with Gasteiger partial charge in [0, 0.05) is 10.6 Å². The van der Waals surface area contributed by atoms with Crippen LogP contribution in [0.15, 0.2) is 34.7 Å². The quantitative estimate of drug-likeness (QED) is 0.671. The molecule has 1 N–H and O–H groups in total. The van der Waals surface area contributed by atoms with Crippen LogP contribution in [0.1, 0.15) is 17.4 Å². The van der Waals surface area contributed by atoms with Crippen molar-refractivity contribution in [1.29, 1.82) is 0 Å². The maximum absolute atomic E-state index is 11.7. The summed E-state index contributed by atoms with van der Waals surface area (Å²) in [5.74, 6) is -0.396. The summed E-state index contributed by atoms with van der Waals surface area (Å²) in [5.41, 5.74) is 2.89. The van der Waals surface area contributed by atoms with Crippen LogP contribution in [-0.4, -0.2) is 23.8 Å². The zero-order chi connectivity index (χ0) is 13.7. The lowest BCUT2D eigenvalue weighted by Crippen LogP contribution is -2.07. The third-order valence-corrected chi connectivity index (χ3v) is 3.87. The molecule has 0 unspecified atom stereocenters. The molecule has 0 saturated heterocycles. The van der Waals surface area contributed by atoms with Gasteiger partial charge in [0.15, 0.2) is 5.69 Å². The van der Waals surface area contributed by atoms with Gasteiger partial charge >= 0.3 is 5.97 Å². The number of benzene rings is 1. The van der Waals surface area contributed by atoms with Crippen LogP contribution in [0.25, 0.3) is 0 Å². The van der Waals surface area contributed by atoms with Crippen molar-refractivity contribution in [1.82, 2.24) is 4.98 Å². The Bertz CT molecular complexity index is 552. The first kappa shape index (κ1) is 13.9. The summed E-state index contributed by atoms with van der Waals surface area (Å²) in [6.07, 6.45) is 2.03. The van der Waals surface area contributed by atoms with E-state index >= 15 is 0 Å². The van der Waals surface area contributed by atoms with E-state index in [2.05, 4.69) is 10.3 Å². The van der Waals surface area contributed by atoms with Gasteiger partial charge in [0.25, 0.3) is 0 Å². The summed E-state index contributed by atoms with van der Waals surface area (Å²) < 4.78 is 4.96. The second-order valence-electron chi connectivity index (χ2n) is 3.60. The lowest BCUT2D eigenvalue weighted by molar-refractivity contribution is 0.0521. The van der Waals surface area contributed by atoms with E-state index in [9.17, 15) is 4.79 Å². The Balaban J connectivity index is 2.14. The largest absolute Gasteiger partial charge is 0.461 e. The molecule has 1 heterocycles. The van der Waals surface area contributed by atoms with E-state index in [1.807, 2.05) is 30.5 Å². The standard InChI is InChI=1S/C13H14N2O2S2/c1-3-17-13(16)11-12(19-8-14-11)15-9-4-6-10(18-2)7-5-9/h4-8,15H,3H2,1-2H3. The van der Waals surface area contributed by atoms with Crippen LogP contribution in [-0.2, 0) is 4.74 Å². The molecule has 0 radical (unpaired) electrons. The molecule has 0 aliphatic rings. The van der Waals surface area contributed by atoms with Crippen molar-refractivity contribution in [3.8, 4) is 0 Å². The van der Waals surface area contributed by atoms with Gasteiger partial charge in [-0.05, 0) is 37.4 Å². The Kier molecular flexibility index (Phi) is 4.81. The van der Waals surface area contributed by atoms with Crippen molar-refractivity contribution in [2.75, 3.05) is 18.2 Å². The van der Waals surface area contributed by atoms with Gasteiger partial charge in [0.1, 0.15) is 5.00 Å². The van der Waals surface area contributed by atoms with Gasteiger partial charge in [-0.2, -0.15) is 0 Å². The first-order valence-corrected chi connectivity index (χ1v) is 7.86. The molecule has 2 rings (SSSR count). The predicted octanol–water partition coefficient (Wildman–Crippen LogP) is 3.79. The molecule has 0 saturated carbocycles. The minimum Gasteiger partial charge on any atom is -0.461 e. The Morgan fingerprint density at radius 3 is 2.79 bits per heavy atom. The Morgan fingerprint density at radius 1 is 1.42 bits per heavy atom. The van der Waals surface area contributed by atoms with Crippen LogP contribution in [0.3, 0.4) is 0 Å². The minimum atomic E-state index is -0.396. The molecule has 1 aromatic carbocycles. The molecule has 0 amide bonds. The van der Waals surface area contributed by atoms with Gasteiger partial charge in [-0.3, -0.25) is 0 Å². The van der Waals surface area contributed by atoms with Crippen LogP contribution in [0, 0.1) is 0 Å². The lowest BCUT2D eigenvalue weighted by Gasteiger charge is -2.06. The van der Waals surface area contributed by atoms with Crippen LogP contribution in [0.4, 0.5) is 10.7 Å². The van der Waals surface area contributed by atoms with E-state index in [0.29, 0.717) is 17.3 Å². The van der Waals surface area contributed by atoms with Crippen LogP contribution in [0.5, 0.6) is 0 Å². The lowest BCUT2D eigenvalue weighted by atomic mass is 10.3. The van der Waals surface area contributed by atoms with Gasteiger partial charge in [-0.1, -0.05) is 0 Å². The molecule has 4 nitrogen and oxygen atoms in total. The topological polar surface area (TPSA) is 51.2 Å². The summed E-state index contributed by atoms with van der Waals surface area (Å²) in [6.45, 7) is 2.12. The number of esters is 1. The predicted molar refractivity (Wildman–Crippen MR) is 79.6 cm³/mol. The van der Waals surface area contributed by atoms with E-state index < -0.39 is 5.97 Å². The van der Waals surface area contributed by atoms with Crippen molar-refractivity contribution < 1.29 is 9.53 Å². The van der Waals surface area contributed by atoms with E-state index in [-0.39, 0.29) is 0 Å². The first-order valence-electron chi connectivity index (χ1n) is 5.76. The highest BCUT2D eigenvalue weighted by Crippen LogP contribution is 2.26. The second kappa shape index (κ2) is 6.58. The summed E-state index contributed by atoms with van der Waals surface area (Å²) in [7, 11) is 0. The van der Waals surface area contributed by atoms with E-state index in [4.69, 9.17) is 4.74 Å². The van der Waals surface area contributed by atoms with Crippen LogP contribution >= 0.6 is 23.1 Å². The Labute approximate surface area is 120 Å². The molecule has 100 valence electrons. The van der Waals surface area contributed by atoms with Gasteiger partial charge in [-0.15, -0.1) is 23.1 Å². The van der Waals surface area contributed by atoms with E-state index in [0.717, 1.165) is 5.69 Å². The molecule has 19 heavy (non-hydrogen) atoms. The van der Waals surface area contributed by atoms with Crippen molar-refractivity contribution in [3.05, 3.63) is 35.5 Å². The second-order valence-corrected chi connectivity index (χ2v) is 5.34. The maximum atomic E-state index is 11.7. The molecule has 0 bridgehead atoms. The Morgan fingerprint density at radius 2 is 2.16 bits per heavy atom. The average Bonchev–Trinajstić information content (AvgIpc) is 2.88.